The van der Waals surface area contributed by atoms with E-state index in [9.17, 15) is 0 Å². The van der Waals surface area contributed by atoms with Gasteiger partial charge in [0.25, 0.3) is 0 Å². The van der Waals surface area contributed by atoms with Gasteiger partial charge in [-0.1, -0.05) is 0 Å². The monoisotopic (exact) mass is 602 g/mol. The SMILES string of the molecule is COc1ccc(-c2ccnc3cc(/C(=C\[CH]=[W])c4ccc(N5CCCC5)cc4)ccc23)cc1. The van der Waals surface area contributed by atoms with Crippen molar-refractivity contribution < 1.29 is 24.1 Å². The van der Waals surface area contributed by atoms with E-state index in [2.05, 4.69) is 76.0 Å². The molecule has 0 radical (unpaired) electrons. The van der Waals surface area contributed by atoms with E-state index in [1.165, 1.54) is 73.2 Å². The summed E-state index contributed by atoms with van der Waals surface area (Å²) in [5.41, 5.74) is 8.33. The number of aromatic nitrogens is 1. The Morgan fingerprint density at radius 1 is 0.909 bits per heavy atom. The van der Waals surface area contributed by atoms with Gasteiger partial charge < -0.3 is 4.74 Å². The van der Waals surface area contributed by atoms with Crippen molar-refractivity contribution in [2.75, 3.05) is 25.1 Å². The molecular weight excluding hydrogens is 576 g/mol. The van der Waals surface area contributed by atoms with Crippen LogP contribution < -0.4 is 9.64 Å². The average molecular weight is 602 g/mol. The number of ether oxygens (including phenoxy) is 1. The third-order valence-corrected chi connectivity index (χ3v) is 6.83. The number of rotatable bonds is 6. The molecule has 2 heterocycles. The minimum absolute atomic E-state index is 0.864. The van der Waals surface area contributed by atoms with E-state index in [0.717, 1.165) is 22.2 Å². The first-order chi connectivity index (χ1) is 16.3. The topological polar surface area (TPSA) is 25.4 Å². The summed E-state index contributed by atoms with van der Waals surface area (Å²) in [6.07, 6.45) is 6.72. The van der Waals surface area contributed by atoms with Crippen LogP contribution >= 0.6 is 0 Å². The molecule has 3 nitrogen and oxygen atoms in total. The van der Waals surface area contributed by atoms with Gasteiger partial charge in [0.05, 0.1) is 7.11 Å². The van der Waals surface area contributed by atoms with Crippen LogP contribution in [-0.2, 0) is 19.4 Å². The van der Waals surface area contributed by atoms with Crippen LogP contribution in [0.25, 0.3) is 27.6 Å². The molecule has 0 spiro atoms. The molecule has 0 amide bonds. The summed E-state index contributed by atoms with van der Waals surface area (Å²) < 4.78 is 7.50. The van der Waals surface area contributed by atoms with Crippen LogP contribution in [-0.4, -0.2) is 29.6 Å². The van der Waals surface area contributed by atoms with Crippen molar-refractivity contribution >= 4 is 26.6 Å². The number of nitrogens with zero attached hydrogens (tertiary/aromatic N) is 2. The fourth-order valence-electron chi connectivity index (χ4n) is 4.59. The standard InChI is InChI=1S/C29H26N2O.W/c1-3-26(21-6-11-24(12-7-21)31-18-4-5-19-31)23-10-15-28-27(16-17-30-29(28)20-23)22-8-13-25(32-2)14-9-22;/h1,3,6-17,20H,4-5,18-19H2,2H3;/b26-3-;. The van der Waals surface area contributed by atoms with Crippen molar-refractivity contribution in [1.82, 2.24) is 4.98 Å². The van der Waals surface area contributed by atoms with Gasteiger partial charge in [-0.3, -0.25) is 0 Å². The summed E-state index contributed by atoms with van der Waals surface area (Å²) in [6.45, 7) is 2.34. The van der Waals surface area contributed by atoms with Crippen molar-refractivity contribution in [3.8, 4) is 16.9 Å². The number of anilines is 1. The van der Waals surface area contributed by atoms with Gasteiger partial charge in [0.15, 0.2) is 0 Å². The molecule has 0 aliphatic carbocycles. The van der Waals surface area contributed by atoms with Crippen LogP contribution in [0.4, 0.5) is 5.69 Å². The van der Waals surface area contributed by atoms with Crippen LogP contribution in [0.5, 0.6) is 5.75 Å². The van der Waals surface area contributed by atoms with E-state index in [1.54, 1.807) is 7.11 Å². The molecule has 5 rings (SSSR count). The van der Waals surface area contributed by atoms with Crippen molar-refractivity contribution in [3.63, 3.8) is 0 Å². The van der Waals surface area contributed by atoms with Gasteiger partial charge in [-0.05, 0) is 0 Å². The zero-order valence-corrected chi connectivity index (χ0v) is 21.6. The van der Waals surface area contributed by atoms with Crippen molar-refractivity contribution in [2.45, 2.75) is 12.8 Å². The first-order valence-electron chi connectivity index (χ1n) is 11.3. The van der Waals surface area contributed by atoms with Gasteiger partial charge in [-0.2, -0.15) is 0 Å². The van der Waals surface area contributed by atoms with Crippen LogP contribution in [0, 0.1) is 0 Å². The van der Waals surface area contributed by atoms with Crippen molar-refractivity contribution in [2.24, 2.45) is 0 Å². The fourth-order valence-corrected chi connectivity index (χ4v) is 5.08. The molecule has 0 N–H and O–H groups in total. The van der Waals surface area contributed by atoms with Crippen LogP contribution in [0.15, 0.2) is 85.1 Å². The van der Waals surface area contributed by atoms with Gasteiger partial charge in [0, 0.05) is 0 Å². The molecule has 4 heteroatoms. The normalized spacial score (nSPS) is 14.0. The molecule has 1 aliphatic rings. The van der Waals surface area contributed by atoms with Crippen molar-refractivity contribution in [1.29, 1.82) is 0 Å². The predicted octanol–water partition coefficient (Wildman–Crippen LogP) is 6.29. The van der Waals surface area contributed by atoms with Gasteiger partial charge in [0.2, 0.25) is 0 Å². The molecule has 1 fully saturated rings. The summed E-state index contributed by atoms with van der Waals surface area (Å²) in [5, 5.41) is 1.15. The molecule has 33 heavy (non-hydrogen) atoms. The summed E-state index contributed by atoms with van der Waals surface area (Å²) >= 11 is 1.44. The molecule has 4 aromatic rings. The van der Waals surface area contributed by atoms with E-state index in [4.69, 9.17) is 9.72 Å². The van der Waals surface area contributed by atoms with E-state index in [-0.39, 0.29) is 0 Å². The molecule has 3 aromatic carbocycles. The first kappa shape index (κ1) is 21.8. The molecule has 0 bridgehead atoms. The van der Waals surface area contributed by atoms with Gasteiger partial charge in [-0.25, -0.2) is 0 Å². The second kappa shape index (κ2) is 9.85. The Morgan fingerprint density at radius 2 is 1.64 bits per heavy atom. The van der Waals surface area contributed by atoms with Crippen molar-refractivity contribution in [3.05, 3.63) is 96.2 Å². The Morgan fingerprint density at radius 3 is 2.33 bits per heavy atom. The van der Waals surface area contributed by atoms with Gasteiger partial charge >= 0.3 is 195 Å². The average Bonchev–Trinajstić information content (AvgIpc) is 3.42. The van der Waals surface area contributed by atoms with E-state index < -0.39 is 0 Å². The number of methoxy groups -OCH3 is 1. The molecule has 0 saturated carbocycles. The number of hydrogen-bond acceptors (Lipinski definition) is 3. The Bertz CT molecular complexity index is 1300. The number of hydrogen-bond donors (Lipinski definition) is 0. The molecule has 164 valence electrons. The molecule has 0 atom stereocenters. The zero-order chi connectivity index (χ0) is 22.6. The predicted molar refractivity (Wildman–Crippen MR) is 135 cm³/mol. The number of fused-ring (bicyclic) bond motifs is 1. The summed E-state index contributed by atoms with van der Waals surface area (Å²) in [7, 11) is 1.69. The molecule has 1 aromatic heterocycles. The Kier molecular flexibility index (Phi) is 6.50. The minimum atomic E-state index is 0.864. The zero-order valence-electron chi connectivity index (χ0n) is 18.7. The quantitative estimate of drug-likeness (QED) is 0.260. The molecule has 1 aliphatic heterocycles. The number of pyridine rings is 1. The van der Waals surface area contributed by atoms with E-state index in [1.807, 2.05) is 18.3 Å². The Hall–Kier alpha value is -3.03. The first-order valence-corrected chi connectivity index (χ1v) is 13.0. The number of benzene rings is 3. The maximum absolute atomic E-state index is 5.31. The van der Waals surface area contributed by atoms with Gasteiger partial charge in [-0.15, -0.1) is 0 Å². The number of allylic oxidation sites excluding steroid dienone is 1. The summed E-state index contributed by atoms with van der Waals surface area (Å²) in [4.78, 5) is 7.18. The third kappa shape index (κ3) is 4.56. The molecular formula is C29H26N2OW. The molecule has 0 unspecified atom stereocenters. The van der Waals surface area contributed by atoms with E-state index >= 15 is 0 Å². The second-order valence-corrected chi connectivity index (χ2v) is 9.25. The maximum atomic E-state index is 5.31. The second-order valence-electron chi connectivity index (χ2n) is 8.28. The van der Waals surface area contributed by atoms with E-state index in [0.29, 0.717) is 0 Å². The Balaban J connectivity index is 1.51. The van der Waals surface area contributed by atoms with Crippen LogP contribution in [0.1, 0.15) is 24.0 Å². The fraction of sp³-hybridized carbons (Fsp3) is 0.172. The summed E-state index contributed by atoms with van der Waals surface area (Å²) in [5.74, 6) is 0.864. The van der Waals surface area contributed by atoms with Crippen LogP contribution in [0.2, 0.25) is 0 Å². The summed E-state index contributed by atoms with van der Waals surface area (Å²) in [6, 6.07) is 25.9. The van der Waals surface area contributed by atoms with Gasteiger partial charge in [0.1, 0.15) is 0 Å². The molecule has 1 saturated heterocycles. The van der Waals surface area contributed by atoms with Crippen LogP contribution in [0.3, 0.4) is 0 Å². The third-order valence-electron chi connectivity index (χ3n) is 6.34. The Labute approximate surface area is 206 Å².